The smallest absolute Gasteiger partial charge is 0.361 e. The molecule has 2 unspecified atom stereocenters. The lowest BCUT2D eigenvalue weighted by atomic mass is 10.3. The Morgan fingerprint density at radius 3 is 2.57 bits per heavy atom. The van der Waals surface area contributed by atoms with Gasteiger partial charge in [-0.25, -0.2) is 4.79 Å². The average molecular weight is 206 g/mol. The number of ether oxygens (including phenoxy) is 2. The molecule has 0 amide bonds. The first-order chi connectivity index (χ1) is 6.61. The van der Waals surface area contributed by atoms with Gasteiger partial charge < -0.3 is 19.7 Å². The Bertz CT molecular complexity index is 159. The van der Waals surface area contributed by atoms with Crippen molar-refractivity contribution in [2.24, 2.45) is 0 Å². The van der Waals surface area contributed by atoms with E-state index in [0.717, 1.165) is 6.42 Å². The highest BCUT2D eigenvalue weighted by molar-refractivity contribution is 5.70. The van der Waals surface area contributed by atoms with Gasteiger partial charge in [-0.1, -0.05) is 6.92 Å². The fraction of sp³-hybridized carbons (Fsp3) is 0.889. The summed E-state index contributed by atoms with van der Waals surface area (Å²) in [6.45, 7) is 3.85. The van der Waals surface area contributed by atoms with Crippen LogP contribution in [0.15, 0.2) is 0 Å². The van der Waals surface area contributed by atoms with E-state index in [4.69, 9.17) is 19.7 Å². The first kappa shape index (κ1) is 13.4. The van der Waals surface area contributed by atoms with Gasteiger partial charge >= 0.3 is 5.97 Å². The summed E-state index contributed by atoms with van der Waals surface area (Å²) < 4.78 is 10.0. The van der Waals surface area contributed by atoms with Gasteiger partial charge in [-0.05, 0) is 19.8 Å². The van der Waals surface area contributed by atoms with Gasteiger partial charge in [-0.15, -0.1) is 0 Å². The lowest BCUT2D eigenvalue weighted by Crippen LogP contribution is -2.31. The fourth-order valence-corrected chi connectivity index (χ4v) is 0.731. The summed E-state index contributed by atoms with van der Waals surface area (Å²) in [5.74, 6) is -1.14. The topological polar surface area (TPSA) is 76.0 Å². The first-order valence-electron chi connectivity index (χ1n) is 4.72. The van der Waals surface area contributed by atoms with E-state index in [2.05, 4.69) is 0 Å². The molecule has 0 spiro atoms. The molecule has 14 heavy (non-hydrogen) atoms. The number of hydrogen-bond acceptors (Lipinski definition) is 4. The van der Waals surface area contributed by atoms with Gasteiger partial charge in [-0.2, -0.15) is 0 Å². The summed E-state index contributed by atoms with van der Waals surface area (Å²) >= 11 is 0. The molecule has 0 aromatic carbocycles. The lowest BCUT2D eigenvalue weighted by molar-refractivity contribution is -0.200. The van der Waals surface area contributed by atoms with E-state index in [0.29, 0.717) is 6.42 Å². The molecule has 0 fully saturated rings. The molecule has 0 saturated carbocycles. The monoisotopic (exact) mass is 206 g/mol. The van der Waals surface area contributed by atoms with E-state index in [-0.39, 0.29) is 19.3 Å². The average Bonchev–Trinajstić information content (AvgIpc) is 2.16. The third-order valence-corrected chi connectivity index (χ3v) is 1.70. The minimum absolute atomic E-state index is 0.0182. The van der Waals surface area contributed by atoms with Crippen LogP contribution in [0.1, 0.15) is 26.7 Å². The number of aliphatic carboxylic acids is 1. The molecule has 0 aliphatic heterocycles. The molecule has 84 valence electrons. The summed E-state index contributed by atoms with van der Waals surface area (Å²) in [6, 6.07) is 0. The molecule has 5 nitrogen and oxygen atoms in total. The fourth-order valence-electron chi connectivity index (χ4n) is 0.731. The lowest BCUT2D eigenvalue weighted by Gasteiger charge is -2.18. The van der Waals surface area contributed by atoms with Crippen LogP contribution < -0.4 is 0 Å². The maximum absolute atomic E-state index is 10.6. The van der Waals surface area contributed by atoms with Crippen molar-refractivity contribution in [3.8, 4) is 0 Å². The van der Waals surface area contributed by atoms with Crippen LogP contribution in [0.2, 0.25) is 0 Å². The minimum Gasteiger partial charge on any atom is -0.477 e. The second kappa shape index (κ2) is 7.73. The minimum atomic E-state index is -1.23. The van der Waals surface area contributed by atoms with Gasteiger partial charge in [0, 0.05) is 6.61 Å². The third kappa shape index (κ3) is 5.90. The van der Waals surface area contributed by atoms with Crippen molar-refractivity contribution in [3.05, 3.63) is 0 Å². The van der Waals surface area contributed by atoms with Crippen molar-refractivity contribution in [1.29, 1.82) is 0 Å². The highest BCUT2D eigenvalue weighted by Gasteiger charge is 2.20. The molecular formula is C9H18O5. The van der Waals surface area contributed by atoms with Crippen LogP contribution in [0, 0.1) is 0 Å². The normalized spacial score (nSPS) is 15.1. The Balaban J connectivity index is 3.84. The highest BCUT2D eigenvalue weighted by atomic mass is 16.7. The van der Waals surface area contributed by atoms with Crippen molar-refractivity contribution < 1.29 is 24.5 Å². The molecule has 5 heteroatoms. The second-order valence-electron chi connectivity index (χ2n) is 2.97. The molecule has 0 aromatic heterocycles. The van der Waals surface area contributed by atoms with Crippen LogP contribution in [-0.4, -0.2) is 41.8 Å². The Morgan fingerprint density at radius 1 is 1.50 bits per heavy atom. The SMILES string of the molecule is CCC(C)OC(OCCCO)C(=O)O. The van der Waals surface area contributed by atoms with Gasteiger partial charge in [0.1, 0.15) is 0 Å². The zero-order valence-corrected chi connectivity index (χ0v) is 8.60. The summed E-state index contributed by atoms with van der Waals surface area (Å²) in [5.41, 5.74) is 0. The van der Waals surface area contributed by atoms with Crippen LogP contribution in [0.4, 0.5) is 0 Å². The molecule has 2 N–H and O–H groups in total. The van der Waals surface area contributed by atoms with E-state index < -0.39 is 12.3 Å². The van der Waals surface area contributed by atoms with Gasteiger partial charge in [0.15, 0.2) is 0 Å². The van der Waals surface area contributed by atoms with E-state index in [1.54, 1.807) is 6.92 Å². The summed E-state index contributed by atoms with van der Waals surface area (Å²) in [4.78, 5) is 10.6. The van der Waals surface area contributed by atoms with E-state index in [1.165, 1.54) is 0 Å². The number of rotatable bonds is 8. The number of carboxylic acids is 1. The number of hydrogen-bond donors (Lipinski definition) is 2. The van der Waals surface area contributed by atoms with Gasteiger partial charge in [0.2, 0.25) is 0 Å². The van der Waals surface area contributed by atoms with Gasteiger partial charge in [0.25, 0.3) is 6.29 Å². The first-order valence-corrected chi connectivity index (χ1v) is 4.72. The number of aliphatic hydroxyl groups excluding tert-OH is 1. The molecule has 0 rings (SSSR count). The molecule has 0 heterocycles. The van der Waals surface area contributed by atoms with Crippen molar-refractivity contribution >= 4 is 5.97 Å². The van der Waals surface area contributed by atoms with Crippen molar-refractivity contribution in [2.75, 3.05) is 13.2 Å². The zero-order valence-electron chi connectivity index (χ0n) is 8.60. The third-order valence-electron chi connectivity index (χ3n) is 1.70. The molecule has 0 bridgehead atoms. The maximum Gasteiger partial charge on any atom is 0.361 e. The van der Waals surface area contributed by atoms with E-state index >= 15 is 0 Å². The Hall–Kier alpha value is -0.650. The predicted octanol–water partition coefficient (Wildman–Crippen LogP) is 0.611. The van der Waals surface area contributed by atoms with Crippen LogP contribution in [-0.2, 0) is 14.3 Å². The van der Waals surface area contributed by atoms with Gasteiger partial charge in [0.05, 0.1) is 12.7 Å². The van der Waals surface area contributed by atoms with Crippen LogP contribution in [0.25, 0.3) is 0 Å². The van der Waals surface area contributed by atoms with Crippen molar-refractivity contribution in [1.82, 2.24) is 0 Å². The summed E-state index contributed by atoms with van der Waals surface area (Å²) in [5, 5.41) is 17.2. The predicted molar refractivity (Wildman–Crippen MR) is 49.9 cm³/mol. The quantitative estimate of drug-likeness (QED) is 0.449. The van der Waals surface area contributed by atoms with Crippen molar-refractivity contribution in [3.63, 3.8) is 0 Å². The Morgan fingerprint density at radius 2 is 2.14 bits per heavy atom. The Kier molecular flexibility index (Phi) is 7.37. The molecule has 0 radical (unpaired) electrons. The maximum atomic E-state index is 10.6. The molecule has 0 aromatic rings. The summed E-state index contributed by atoms with van der Waals surface area (Å²) in [7, 11) is 0. The second-order valence-corrected chi connectivity index (χ2v) is 2.97. The van der Waals surface area contributed by atoms with Crippen LogP contribution in [0.3, 0.4) is 0 Å². The summed E-state index contributed by atoms with van der Waals surface area (Å²) in [6.07, 6.45) is -0.234. The molecule has 2 atom stereocenters. The van der Waals surface area contributed by atoms with Crippen LogP contribution in [0.5, 0.6) is 0 Å². The standard InChI is InChI=1S/C9H18O5/c1-3-7(2)14-9(8(11)12)13-6-4-5-10/h7,9-10H,3-6H2,1-2H3,(H,11,12). The largest absolute Gasteiger partial charge is 0.477 e. The number of aliphatic hydroxyl groups is 1. The van der Waals surface area contributed by atoms with E-state index in [9.17, 15) is 4.79 Å². The molecule has 0 aliphatic rings. The van der Waals surface area contributed by atoms with Crippen LogP contribution >= 0.6 is 0 Å². The zero-order chi connectivity index (χ0) is 11.0. The Labute approximate surface area is 83.6 Å². The number of carboxylic acid groups (broad SMARTS) is 1. The van der Waals surface area contributed by atoms with Crippen molar-refractivity contribution in [2.45, 2.75) is 39.1 Å². The van der Waals surface area contributed by atoms with E-state index in [1.807, 2.05) is 6.92 Å². The van der Waals surface area contributed by atoms with Gasteiger partial charge in [-0.3, -0.25) is 0 Å². The molecule has 0 saturated heterocycles. The molecular weight excluding hydrogens is 188 g/mol. The number of carbonyl (C=O) groups is 1. The molecule has 0 aliphatic carbocycles. The highest BCUT2D eigenvalue weighted by Crippen LogP contribution is 2.04.